The zero-order chi connectivity index (χ0) is 33.9. The normalized spacial score (nSPS) is 15.3. The Hall–Kier alpha value is -5.44. The van der Waals surface area contributed by atoms with Crippen LogP contribution in [0.4, 0.5) is 5.82 Å². The van der Waals surface area contributed by atoms with Gasteiger partial charge in [0.05, 0.1) is 29.0 Å². The number of imidazole rings is 1. The molecule has 0 saturated carbocycles. The topological polar surface area (TPSA) is 169 Å². The lowest BCUT2D eigenvalue weighted by molar-refractivity contribution is -0.0298. The minimum Gasteiger partial charge on any atom is -0.423 e. The molecule has 1 aliphatic rings. The Bertz CT molecular complexity index is 2170. The van der Waals surface area contributed by atoms with Crippen LogP contribution in [-0.2, 0) is 11.3 Å². The van der Waals surface area contributed by atoms with Crippen molar-refractivity contribution < 1.29 is 19.6 Å². The number of rotatable bonds is 10. The first kappa shape index (κ1) is 32.1. The van der Waals surface area contributed by atoms with Crippen molar-refractivity contribution in [2.45, 2.75) is 51.4 Å². The third-order valence-electron chi connectivity index (χ3n) is 8.79. The number of carbonyl (C=O) groups excluding carboxylic acids is 1. The van der Waals surface area contributed by atoms with E-state index >= 15 is 0 Å². The van der Waals surface area contributed by atoms with E-state index in [1.54, 1.807) is 23.0 Å². The number of benzene rings is 3. The standard InChI is InChI=1S/C35H35BN8O5/c1-2-26(41-31-30-33(39-20-38-31)43(21-40-30)28-13-6-7-18-49-28)32-42-27-12-8-9-23(29(27)35(46)44(32)25-10-4-3-5-11-25)19-37-34(45)22-14-16-24(17-15-22)36(47)48/h3-5,8-12,14-17,20-21,26,28,47-48H,2,6-7,13,18-19H2,1H3,(H,37,45)(H,38,39,41)/t26-,28?/m0/s1. The van der Waals surface area contributed by atoms with Gasteiger partial charge in [-0.15, -0.1) is 0 Å². The maximum atomic E-state index is 14.5. The number of hydrogen-bond acceptors (Lipinski definition) is 10. The SMILES string of the molecule is CC[C@H](Nc1ncnc2c1ncn2C1CCCCO1)c1nc2cccc(CNC(=O)c3ccc(B(O)O)cc3)c2c(=O)n1-c1ccccc1. The Morgan fingerprint density at radius 2 is 1.84 bits per heavy atom. The molecule has 14 heteroatoms. The van der Waals surface area contributed by atoms with Crippen LogP contribution in [0.5, 0.6) is 0 Å². The third kappa shape index (κ3) is 6.41. The Balaban J connectivity index is 1.25. The van der Waals surface area contributed by atoms with Crippen LogP contribution in [0.15, 0.2) is 90.2 Å². The molecule has 1 fully saturated rings. The molecule has 7 rings (SSSR count). The predicted octanol–water partition coefficient (Wildman–Crippen LogP) is 3.40. The molecule has 0 bridgehead atoms. The van der Waals surface area contributed by atoms with Crippen molar-refractivity contribution in [1.29, 1.82) is 0 Å². The number of nitrogens with one attached hydrogen (secondary N) is 2. The van der Waals surface area contributed by atoms with Gasteiger partial charge in [-0.05, 0) is 67.0 Å². The largest absolute Gasteiger partial charge is 0.488 e. The van der Waals surface area contributed by atoms with Crippen molar-refractivity contribution in [1.82, 2.24) is 34.4 Å². The van der Waals surface area contributed by atoms with Crippen LogP contribution < -0.4 is 21.7 Å². The van der Waals surface area contributed by atoms with Crippen molar-refractivity contribution in [2.75, 3.05) is 11.9 Å². The number of aromatic nitrogens is 6. The molecule has 1 saturated heterocycles. The first-order valence-corrected chi connectivity index (χ1v) is 16.3. The van der Waals surface area contributed by atoms with E-state index in [-0.39, 0.29) is 29.7 Å². The van der Waals surface area contributed by atoms with Crippen molar-refractivity contribution in [3.05, 3.63) is 113 Å². The lowest BCUT2D eigenvalue weighted by Gasteiger charge is -2.24. The molecule has 49 heavy (non-hydrogen) atoms. The van der Waals surface area contributed by atoms with Crippen LogP contribution in [0.3, 0.4) is 0 Å². The van der Waals surface area contributed by atoms with Crippen LogP contribution in [-0.4, -0.2) is 58.8 Å². The van der Waals surface area contributed by atoms with Gasteiger partial charge in [0.25, 0.3) is 11.5 Å². The van der Waals surface area contributed by atoms with E-state index < -0.39 is 13.2 Å². The summed E-state index contributed by atoms with van der Waals surface area (Å²) >= 11 is 0. The lowest BCUT2D eigenvalue weighted by atomic mass is 9.80. The highest BCUT2D eigenvalue weighted by Gasteiger charge is 2.25. The summed E-state index contributed by atoms with van der Waals surface area (Å²) < 4.78 is 9.55. The Morgan fingerprint density at radius 3 is 2.57 bits per heavy atom. The molecule has 6 aromatic rings. The second-order valence-corrected chi connectivity index (χ2v) is 11.9. The van der Waals surface area contributed by atoms with Crippen LogP contribution in [0, 0.1) is 0 Å². The summed E-state index contributed by atoms with van der Waals surface area (Å²) in [7, 11) is -1.62. The molecule has 3 aromatic heterocycles. The van der Waals surface area contributed by atoms with Gasteiger partial charge in [0.15, 0.2) is 17.0 Å². The Labute approximate surface area is 281 Å². The van der Waals surface area contributed by atoms with Gasteiger partial charge >= 0.3 is 7.12 Å². The second kappa shape index (κ2) is 14.0. The number of ether oxygens (including phenoxy) is 1. The molecular weight excluding hydrogens is 623 g/mol. The highest BCUT2D eigenvalue weighted by Crippen LogP contribution is 2.30. The molecule has 248 valence electrons. The molecule has 4 N–H and O–H groups in total. The van der Waals surface area contributed by atoms with Crippen molar-refractivity contribution >= 4 is 46.4 Å². The molecule has 3 aromatic carbocycles. The summed E-state index contributed by atoms with van der Waals surface area (Å²) in [4.78, 5) is 46.3. The fraction of sp³-hybridized carbons (Fsp3) is 0.257. The van der Waals surface area contributed by atoms with E-state index in [1.165, 1.54) is 30.6 Å². The highest BCUT2D eigenvalue weighted by molar-refractivity contribution is 6.58. The summed E-state index contributed by atoms with van der Waals surface area (Å²) in [6.07, 6.45) is 6.68. The van der Waals surface area contributed by atoms with Gasteiger partial charge < -0.3 is 25.4 Å². The molecule has 0 radical (unpaired) electrons. The number of amides is 1. The number of para-hydroxylation sites is 1. The quantitative estimate of drug-likeness (QED) is 0.160. The van der Waals surface area contributed by atoms with E-state index in [1.807, 2.05) is 47.9 Å². The van der Waals surface area contributed by atoms with Crippen LogP contribution in [0.1, 0.15) is 66.6 Å². The predicted molar refractivity (Wildman–Crippen MR) is 186 cm³/mol. The van der Waals surface area contributed by atoms with Crippen molar-refractivity contribution in [2.24, 2.45) is 0 Å². The molecule has 13 nitrogen and oxygen atoms in total. The van der Waals surface area contributed by atoms with Crippen molar-refractivity contribution in [3.63, 3.8) is 0 Å². The first-order chi connectivity index (χ1) is 23.9. The zero-order valence-corrected chi connectivity index (χ0v) is 26.9. The smallest absolute Gasteiger partial charge is 0.423 e. The number of carbonyl (C=O) groups is 1. The molecule has 0 spiro atoms. The van der Waals surface area contributed by atoms with E-state index in [9.17, 15) is 19.6 Å². The molecule has 1 unspecified atom stereocenters. The summed E-state index contributed by atoms with van der Waals surface area (Å²) in [5, 5.41) is 25.5. The molecule has 1 amide bonds. The number of hydrogen-bond donors (Lipinski definition) is 4. The first-order valence-electron chi connectivity index (χ1n) is 16.3. The fourth-order valence-electron chi connectivity index (χ4n) is 6.23. The fourth-order valence-corrected chi connectivity index (χ4v) is 6.23. The minimum absolute atomic E-state index is 0.0767. The van der Waals surface area contributed by atoms with Crippen LogP contribution >= 0.6 is 0 Å². The van der Waals surface area contributed by atoms with E-state index in [2.05, 4.69) is 25.6 Å². The number of nitrogens with zero attached hydrogens (tertiary/aromatic N) is 6. The van der Waals surface area contributed by atoms with E-state index in [0.29, 0.717) is 63.6 Å². The van der Waals surface area contributed by atoms with Crippen LogP contribution in [0.25, 0.3) is 27.8 Å². The van der Waals surface area contributed by atoms with Gasteiger partial charge in [0, 0.05) is 18.7 Å². The second-order valence-electron chi connectivity index (χ2n) is 11.9. The number of anilines is 1. The molecular formula is C35H35BN8O5. The monoisotopic (exact) mass is 658 g/mol. The summed E-state index contributed by atoms with van der Waals surface area (Å²) in [6, 6.07) is 20.3. The summed E-state index contributed by atoms with van der Waals surface area (Å²) in [6.45, 7) is 2.78. The molecule has 4 heterocycles. The Kier molecular flexibility index (Phi) is 9.16. The third-order valence-corrected chi connectivity index (χ3v) is 8.79. The van der Waals surface area contributed by atoms with Gasteiger partial charge in [0.2, 0.25) is 0 Å². The minimum atomic E-state index is -1.62. The van der Waals surface area contributed by atoms with E-state index in [0.717, 1.165) is 19.3 Å². The average molecular weight is 659 g/mol. The van der Waals surface area contributed by atoms with Crippen LogP contribution in [0.2, 0.25) is 0 Å². The number of fused-ring (bicyclic) bond motifs is 2. The maximum absolute atomic E-state index is 14.5. The summed E-state index contributed by atoms with van der Waals surface area (Å²) in [5.74, 6) is 0.659. The molecule has 1 aliphatic heterocycles. The Morgan fingerprint density at radius 1 is 1.02 bits per heavy atom. The average Bonchev–Trinajstić information content (AvgIpc) is 3.58. The van der Waals surface area contributed by atoms with Crippen molar-refractivity contribution in [3.8, 4) is 5.69 Å². The van der Waals surface area contributed by atoms with Gasteiger partial charge in [-0.1, -0.05) is 49.4 Å². The summed E-state index contributed by atoms with van der Waals surface area (Å²) in [5.41, 5.74) is 3.37. The maximum Gasteiger partial charge on any atom is 0.488 e. The molecule has 0 aliphatic carbocycles. The highest BCUT2D eigenvalue weighted by atomic mass is 16.5. The zero-order valence-electron chi connectivity index (χ0n) is 26.9. The molecule has 2 atom stereocenters. The van der Waals surface area contributed by atoms with Gasteiger partial charge in [0.1, 0.15) is 18.4 Å². The van der Waals surface area contributed by atoms with Gasteiger partial charge in [-0.2, -0.15) is 0 Å². The van der Waals surface area contributed by atoms with Gasteiger partial charge in [-0.3, -0.25) is 18.7 Å². The van der Waals surface area contributed by atoms with Gasteiger partial charge in [-0.25, -0.2) is 19.9 Å². The van der Waals surface area contributed by atoms with E-state index in [4.69, 9.17) is 9.72 Å². The lowest BCUT2D eigenvalue weighted by Crippen LogP contribution is -2.31.